The molecule has 2 rings (SSSR count). The van der Waals surface area contributed by atoms with E-state index in [2.05, 4.69) is 20.9 Å². The standard InChI is InChI=1S/C20H25FN4O2.HI/c1-2-22-20(23-12-7-13-27-18-10-4-3-5-11-18)24-15-19(26)25-17-9-6-8-16(21)14-17;/h3-6,8-11,14H,2,7,12-13,15H2,1H3,(H,25,26)(H2,22,23,24);1H. The molecule has 0 aliphatic rings. The summed E-state index contributed by atoms with van der Waals surface area (Å²) in [4.78, 5) is 16.2. The molecular weight excluding hydrogens is 474 g/mol. The van der Waals surface area contributed by atoms with Gasteiger partial charge in [-0.1, -0.05) is 24.3 Å². The summed E-state index contributed by atoms with van der Waals surface area (Å²) in [5, 5.41) is 8.85. The van der Waals surface area contributed by atoms with E-state index in [1.165, 1.54) is 18.2 Å². The number of para-hydroxylation sites is 1. The van der Waals surface area contributed by atoms with Gasteiger partial charge in [-0.25, -0.2) is 9.38 Å². The molecule has 1 amide bonds. The molecule has 0 heterocycles. The number of anilines is 1. The molecule has 6 nitrogen and oxygen atoms in total. The molecule has 152 valence electrons. The number of aliphatic imine (C=N–C) groups is 1. The first-order chi connectivity index (χ1) is 13.2. The molecule has 0 spiro atoms. The number of benzene rings is 2. The van der Waals surface area contributed by atoms with Crippen molar-refractivity contribution in [1.82, 2.24) is 10.6 Å². The average Bonchev–Trinajstić information content (AvgIpc) is 2.66. The fraction of sp³-hybridized carbons (Fsp3) is 0.300. The number of halogens is 2. The van der Waals surface area contributed by atoms with Crippen molar-refractivity contribution in [3.05, 3.63) is 60.4 Å². The van der Waals surface area contributed by atoms with Gasteiger partial charge in [0.05, 0.1) is 6.61 Å². The first-order valence-electron chi connectivity index (χ1n) is 8.93. The molecule has 0 aromatic heterocycles. The Balaban J connectivity index is 0.00000392. The fourth-order valence-electron chi connectivity index (χ4n) is 2.25. The number of rotatable bonds is 9. The molecule has 0 radical (unpaired) electrons. The maximum atomic E-state index is 13.1. The summed E-state index contributed by atoms with van der Waals surface area (Å²) in [6.45, 7) is 3.80. The third-order valence-corrected chi connectivity index (χ3v) is 3.46. The highest BCUT2D eigenvalue weighted by atomic mass is 127. The van der Waals surface area contributed by atoms with Gasteiger partial charge >= 0.3 is 0 Å². The molecule has 0 fully saturated rings. The van der Waals surface area contributed by atoms with Gasteiger partial charge in [-0.2, -0.15) is 0 Å². The van der Waals surface area contributed by atoms with Crippen LogP contribution in [0.1, 0.15) is 13.3 Å². The molecule has 2 aromatic rings. The van der Waals surface area contributed by atoms with Crippen molar-refractivity contribution < 1.29 is 13.9 Å². The van der Waals surface area contributed by atoms with Crippen LogP contribution in [0.2, 0.25) is 0 Å². The van der Waals surface area contributed by atoms with Crippen molar-refractivity contribution >= 4 is 41.5 Å². The molecule has 0 atom stereocenters. The Morgan fingerprint density at radius 1 is 1.11 bits per heavy atom. The zero-order valence-electron chi connectivity index (χ0n) is 15.8. The number of guanidine groups is 1. The van der Waals surface area contributed by atoms with E-state index in [0.717, 1.165) is 12.2 Å². The molecule has 0 unspecified atom stereocenters. The molecule has 3 N–H and O–H groups in total. The van der Waals surface area contributed by atoms with Crippen molar-refractivity contribution in [2.45, 2.75) is 13.3 Å². The van der Waals surface area contributed by atoms with Gasteiger partial charge in [0.1, 0.15) is 18.1 Å². The summed E-state index contributed by atoms with van der Waals surface area (Å²) in [5.74, 6) is 0.674. The summed E-state index contributed by atoms with van der Waals surface area (Å²) < 4.78 is 18.8. The average molecular weight is 500 g/mol. The van der Waals surface area contributed by atoms with Crippen LogP contribution in [0.3, 0.4) is 0 Å². The summed E-state index contributed by atoms with van der Waals surface area (Å²) in [6.07, 6.45) is 0.787. The Hall–Kier alpha value is -2.36. The third-order valence-electron chi connectivity index (χ3n) is 3.46. The third kappa shape index (κ3) is 9.54. The molecule has 0 aliphatic heterocycles. The van der Waals surface area contributed by atoms with Crippen LogP contribution in [-0.4, -0.2) is 38.1 Å². The Labute approximate surface area is 182 Å². The molecule has 8 heteroatoms. The van der Waals surface area contributed by atoms with E-state index >= 15 is 0 Å². The predicted octanol–water partition coefficient (Wildman–Crippen LogP) is 3.41. The van der Waals surface area contributed by atoms with Gasteiger partial charge in [0.15, 0.2) is 5.96 Å². The van der Waals surface area contributed by atoms with Crippen LogP contribution in [-0.2, 0) is 4.79 Å². The van der Waals surface area contributed by atoms with Crippen LogP contribution in [0.4, 0.5) is 10.1 Å². The SMILES string of the molecule is CCNC(=NCC(=O)Nc1cccc(F)c1)NCCCOc1ccccc1.I. The van der Waals surface area contributed by atoms with E-state index in [4.69, 9.17) is 4.74 Å². The molecule has 2 aromatic carbocycles. The highest BCUT2D eigenvalue weighted by molar-refractivity contribution is 14.0. The summed E-state index contributed by atoms with van der Waals surface area (Å²) in [7, 11) is 0. The van der Waals surface area contributed by atoms with Crippen LogP contribution >= 0.6 is 24.0 Å². The topological polar surface area (TPSA) is 74.8 Å². The Kier molecular flexibility index (Phi) is 11.6. The van der Waals surface area contributed by atoms with Crippen LogP contribution in [0.25, 0.3) is 0 Å². The Morgan fingerprint density at radius 2 is 1.89 bits per heavy atom. The fourth-order valence-corrected chi connectivity index (χ4v) is 2.25. The number of hydrogen-bond donors (Lipinski definition) is 3. The van der Waals surface area contributed by atoms with Gasteiger partial charge in [-0.3, -0.25) is 4.79 Å². The number of nitrogens with one attached hydrogen (secondary N) is 3. The van der Waals surface area contributed by atoms with Crippen LogP contribution < -0.4 is 20.7 Å². The number of hydrogen-bond acceptors (Lipinski definition) is 3. The summed E-state index contributed by atoms with van der Waals surface area (Å²) in [6, 6.07) is 15.4. The van der Waals surface area contributed by atoms with E-state index in [0.29, 0.717) is 31.3 Å². The van der Waals surface area contributed by atoms with E-state index in [1.54, 1.807) is 6.07 Å². The van der Waals surface area contributed by atoms with E-state index in [-0.39, 0.29) is 36.4 Å². The van der Waals surface area contributed by atoms with Gasteiger partial charge < -0.3 is 20.7 Å². The zero-order valence-corrected chi connectivity index (χ0v) is 18.1. The Morgan fingerprint density at radius 3 is 2.61 bits per heavy atom. The second kappa shape index (κ2) is 13.8. The van der Waals surface area contributed by atoms with Gasteiger partial charge in [0.25, 0.3) is 0 Å². The van der Waals surface area contributed by atoms with E-state index < -0.39 is 5.82 Å². The van der Waals surface area contributed by atoms with Gasteiger partial charge in [0.2, 0.25) is 5.91 Å². The number of ether oxygens (including phenoxy) is 1. The van der Waals surface area contributed by atoms with Crippen LogP contribution in [0, 0.1) is 5.82 Å². The van der Waals surface area contributed by atoms with Crippen molar-refractivity contribution in [2.24, 2.45) is 4.99 Å². The zero-order chi connectivity index (χ0) is 19.3. The molecule has 0 aliphatic carbocycles. The van der Waals surface area contributed by atoms with Gasteiger partial charge in [-0.05, 0) is 43.7 Å². The number of nitrogens with zero attached hydrogens (tertiary/aromatic N) is 1. The predicted molar refractivity (Wildman–Crippen MR) is 121 cm³/mol. The van der Waals surface area contributed by atoms with Crippen LogP contribution in [0.5, 0.6) is 5.75 Å². The molecule has 0 saturated heterocycles. The summed E-state index contributed by atoms with van der Waals surface area (Å²) in [5.41, 5.74) is 0.409. The monoisotopic (exact) mass is 500 g/mol. The second-order valence-electron chi connectivity index (χ2n) is 5.70. The van der Waals surface area contributed by atoms with E-state index in [1.807, 2.05) is 37.3 Å². The molecular formula is C20H26FIN4O2. The largest absolute Gasteiger partial charge is 0.494 e. The van der Waals surface area contributed by atoms with Gasteiger partial charge in [-0.15, -0.1) is 24.0 Å². The summed E-state index contributed by atoms with van der Waals surface area (Å²) >= 11 is 0. The van der Waals surface area contributed by atoms with Crippen molar-refractivity contribution in [2.75, 3.05) is 31.6 Å². The van der Waals surface area contributed by atoms with Crippen molar-refractivity contribution in [1.29, 1.82) is 0 Å². The first-order valence-corrected chi connectivity index (χ1v) is 8.93. The normalized spacial score (nSPS) is 10.6. The van der Waals surface area contributed by atoms with Crippen molar-refractivity contribution in [3.63, 3.8) is 0 Å². The minimum Gasteiger partial charge on any atom is -0.494 e. The minimum absolute atomic E-state index is 0. The molecule has 0 saturated carbocycles. The Bertz CT molecular complexity index is 744. The molecule has 28 heavy (non-hydrogen) atoms. The number of carbonyl (C=O) groups is 1. The lowest BCUT2D eigenvalue weighted by Gasteiger charge is -2.12. The smallest absolute Gasteiger partial charge is 0.246 e. The number of amides is 1. The maximum absolute atomic E-state index is 13.1. The number of carbonyl (C=O) groups excluding carboxylic acids is 1. The van der Waals surface area contributed by atoms with Crippen LogP contribution in [0.15, 0.2) is 59.6 Å². The lowest BCUT2D eigenvalue weighted by atomic mass is 10.3. The van der Waals surface area contributed by atoms with E-state index in [9.17, 15) is 9.18 Å². The minimum atomic E-state index is -0.399. The second-order valence-corrected chi connectivity index (χ2v) is 5.70. The first kappa shape index (κ1) is 23.7. The highest BCUT2D eigenvalue weighted by Crippen LogP contribution is 2.09. The maximum Gasteiger partial charge on any atom is 0.246 e. The lowest BCUT2D eigenvalue weighted by Crippen LogP contribution is -2.38. The van der Waals surface area contributed by atoms with Gasteiger partial charge in [0, 0.05) is 18.8 Å². The quantitative estimate of drug-likeness (QED) is 0.214. The lowest BCUT2D eigenvalue weighted by molar-refractivity contribution is -0.114. The molecule has 0 bridgehead atoms. The highest BCUT2D eigenvalue weighted by Gasteiger charge is 2.04. The van der Waals surface area contributed by atoms with Crippen molar-refractivity contribution in [3.8, 4) is 5.75 Å².